The number of nitrogens with zero attached hydrogens (tertiary/aromatic N) is 1. The van der Waals surface area contributed by atoms with Crippen LogP contribution in [0.5, 0.6) is 0 Å². The molecule has 5 nitrogen and oxygen atoms in total. The summed E-state index contributed by atoms with van der Waals surface area (Å²) < 4.78 is 0.995. The second-order valence-corrected chi connectivity index (χ2v) is 8.31. The molecule has 0 aromatic heterocycles. The van der Waals surface area contributed by atoms with E-state index in [0.29, 0.717) is 0 Å². The molecule has 1 saturated heterocycles. The van der Waals surface area contributed by atoms with E-state index in [-0.39, 0.29) is 41.6 Å². The van der Waals surface area contributed by atoms with Gasteiger partial charge >= 0.3 is 0 Å². The first-order valence-corrected chi connectivity index (χ1v) is 9.72. The number of hydrogen-bond donors (Lipinski definition) is 1. The first-order chi connectivity index (χ1) is 12.0. The van der Waals surface area contributed by atoms with Crippen molar-refractivity contribution in [3.8, 4) is 0 Å². The minimum absolute atomic E-state index is 0.150. The molecule has 2 atom stereocenters. The van der Waals surface area contributed by atoms with Crippen LogP contribution in [0.4, 0.5) is 0 Å². The Morgan fingerprint density at radius 1 is 1.08 bits per heavy atom. The third-order valence-electron chi connectivity index (χ3n) is 5.76. The fourth-order valence-corrected chi connectivity index (χ4v) is 4.48. The second kappa shape index (κ2) is 6.24. The molecular weight excluding hydrogens is 384 g/mol. The van der Waals surface area contributed by atoms with Gasteiger partial charge in [-0.15, -0.1) is 0 Å². The molecule has 0 radical (unpaired) electrons. The number of amides is 3. The van der Waals surface area contributed by atoms with Crippen LogP contribution in [-0.4, -0.2) is 29.2 Å². The van der Waals surface area contributed by atoms with E-state index in [0.717, 1.165) is 48.6 Å². The Morgan fingerprint density at radius 2 is 1.64 bits per heavy atom. The predicted molar refractivity (Wildman–Crippen MR) is 95.4 cm³/mol. The first-order valence-electron chi connectivity index (χ1n) is 8.92. The summed E-state index contributed by atoms with van der Waals surface area (Å²) in [6.07, 6.45) is 5.30. The molecule has 2 saturated carbocycles. The normalized spacial score (nSPS) is 27.2. The molecule has 2 aliphatic carbocycles. The van der Waals surface area contributed by atoms with E-state index in [2.05, 4.69) is 21.2 Å². The second-order valence-electron chi connectivity index (χ2n) is 7.40. The summed E-state index contributed by atoms with van der Waals surface area (Å²) in [6, 6.07) is 7.91. The van der Waals surface area contributed by atoms with E-state index < -0.39 is 0 Å². The van der Waals surface area contributed by atoms with Gasteiger partial charge in [0.05, 0.1) is 17.4 Å². The molecule has 0 bridgehead atoms. The van der Waals surface area contributed by atoms with Crippen molar-refractivity contribution in [3.63, 3.8) is 0 Å². The molecule has 132 valence electrons. The largest absolute Gasteiger partial charge is 0.345 e. The molecular formula is C19H21BrN2O3. The molecule has 25 heavy (non-hydrogen) atoms. The fraction of sp³-hybridized carbons (Fsp3) is 0.526. The minimum Gasteiger partial charge on any atom is -0.345 e. The van der Waals surface area contributed by atoms with Gasteiger partial charge in [0.25, 0.3) is 0 Å². The quantitative estimate of drug-likeness (QED) is 0.784. The molecule has 1 aromatic carbocycles. The molecule has 1 aliphatic heterocycles. The topological polar surface area (TPSA) is 66.5 Å². The standard InChI is InChI=1S/C19H21BrN2O3/c20-13-7-5-12(6-8-13)19(9-10-19)21-16(23)11-22-17(24)14-3-1-2-4-15(14)18(22)25/h5-8,14-15H,1-4,9-11H2,(H,21,23)/t14-,15-/m1/s1. The fourth-order valence-electron chi connectivity index (χ4n) is 4.22. The van der Waals surface area contributed by atoms with Gasteiger partial charge in [0.2, 0.25) is 17.7 Å². The summed E-state index contributed by atoms with van der Waals surface area (Å²) in [5, 5.41) is 3.05. The number of carbonyl (C=O) groups excluding carboxylic acids is 3. The Bertz CT molecular complexity index is 703. The Hall–Kier alpha value is -1.69. The molecule has 0 spiro atoms. The van der Waals surface area contributed by atoms with Crippen LogP contribution in [0.3, 0.4) is 0 Å². The molecule has 1 N–H and O–H groups in total. The van der Waals surface area contributed by atoms with E-state index in [1.165, 1.54) is 4.90 Å². The highest BCUT2D eigenvalue weighted by molar-refractivity contribution is 9.10. The maximum absolute atomic E-state index is 12.5. The molecule has 4 rings (SSSR count). The van der Waals surface area contributed by atoms with Crippen molar-refractivity contribution >= 4 is 33.7 Å². The average Bonchev–Trinajstić information content (AvgIpc) is 3.35. The maximum Gasteiger partial charge on any atom is 0.240 e. The van der Waals surface area contributed by atoms with Crippen LogP contribution in [0.1, 0.15) is 44.1 Å². The lowest BCUT2D eigenvalue weighted by atomic mass is 9.81. The monoisotopic (exact) mass is 404 g/mol. The third-order valence-corrected chi connectivity index (χ3v) is 6.29. The van der Waals surface area contributed by atoms with E-state index in [1.54, 1.807) is 0 Å². The highest BCUT2D eigenvalue weighted by Crippen LogP contribution is 2.45. The zero-order chi connectivity index (χ0) is 17.6. The number of fused-ring (bicyclic) bond motifs is 1. The Morgan fingerprint density at radius 3 is 2.16 bits per heavy atom. The van der Waals surface area contributed by atoms with Crippen molar-refractivity contribution in [3.05, 3.63) is 34.3 Å². The van der Waals surface area contributed by atoms with Crippen molar-refractivity contribution < 1.29 is 14.4 Å². The lowest BCUT2D eigenvalue weighted by Gasteiger charge is -2.20. The van der Waals surface area contributed by atoms with Crippen LogP contribution < -0.4 is 5.32 Å². The van der Waals surface area contributed by atoms with Gasteiger partial charge in [-0.25, -0.2) is 0 Å². The maximum atomic E-state index is 12.5. The Labute approximate surface area is 155 Å². The van der Waals surface area contributed by atoms with E-state index in [9.17, 15) is 14.4 Å². The Balaban J connectivity index is 1.43. The first kappa shape index (κ1) is 16.8. The molecule has 0 unspecified atom stereocenters. The lowest BCUT2D eigenvalue weighted by molar-refractivity contribution is -0.143. The van der Waals surface area contributed by atoms with Crippen LogP contribution in [0.25, 0.3) is 0 Å². The van der Waals surface area contributed by atoms with Crippen molar-refractivity contribution in [1.29, 1.82) is 0 Å². The van der Waals surface area contributed by atoms with Crippen LogP contribution in [0.2, 0.25) is 0 Å². The van der Waals surface area contributed by atoms with Crippen molar-refractivity contribution in [2.45, 2.75) is 44.1 Å². The zero-order valence-electron chi connectivity index (χ0n) is 14.0. The smallest absolute Gasteiger partial charge is 0.240 e. The van der Waals surface area contributed by atoms with Gasteiger partial charge in [-0.3, -0.25) is 19.3 Å². The summed E-state index contributed by atoms with van der Waals surface area (Å²) in [6.45, 7) is -0.150. The predicted octanol–water partition coefficient (Wildman–Crippen LogP) is 2.73. The van der Waals surface area contributed by atoms with Crippen LogP contribution in [0, 0.1) is 11.8 Å². The molecule has 3 aliphatic rings. The summed E-state index contributed by atoms with van der Waals surface area (Å²) >= 11 is 3.42. The zero-order valence-corrected chi connectivity index (χ0v) is 15.5. The summed E-state index contributed by atoms with van der Waals surface area (Å²) in [7, 11) is 0. The molecule has 6 heteroatoms. The summed E-state index contributed by atoms with van der Waals surface area (Å²) in [4.78, 5) is 38.7. The number of halogens is 1. The number of rotatable bonds is 4. The van der Waals surface area contributed by atoms with E-state index in [4.69, 9.17) is 0 Å². The number of likely N-dealkylation sites (tertiary alicyclic amines) is 1. The van der Waals surface area contributed by atoms with Crippen LogP contribution in [0.15, 0.2) is 28.7 Å². The van der Waals surface area contributed by atoms with Gasteiger partial charge in [-0.2, -0.15) is 0 Å². The average molecular weight is 405 g/mol. The van der Waals surface area contributed by atoms with Gasteiger partial charge in [0.1, 0.15) is 6.54 Å². The lowest BCUT2D eigenvalue weighted by Crippen LogP contribution is -2.44. The number of carbonyl (C=O) groups is 3. The van der Waals surface area contributed by atoms with Gasteiger partial charge in [0, 0.05) is 4.47 Å². The van der Waals surface area contributed by atoms with Crippen molar-refractivity contribution in [1.82, 2.24) is 10.2 Å². The molecule has 3 fully saturated rings. The number of benzene rings is 1. The SMILES string of the molecule is O=C(CN1C(=O)[C@@H]2CCCC[C@H]2C1=O)NC1(c2ccc(Br)cc2)CC1. The van der Waals surface area contributed by atoms with Crippen molar-refractivity contribution in [2.75, 3.05) is 6.54 Å². The summed E-state index contributed by atoms with van der Waals surface area (Å²) in [5.74, 6) is -0.955. The van der Waals surface area contributed by atoms with Gasteiger partial charge in [-0.05, 0) is 43.4 Å². The van der Waals surface area contributed by atoms with E-state index >= 15 is 0 Å². The minimum atomic E-state index is -0.337. The van der Waals surface area contributed by atoms with Gasteiger partial charge in [-0.1, -0.05) is 40.9 Å². The highest BCUT2D eigenvalue weighted by atomic mass is 79.9. The van der Waals surface area contributed by atoms with Crippen molar-refractivity contribution in [2.24, 2.45) is 11.8 Å². The third kappa shape index (κ3) is 3.01. The van der Waals surface area contributed by atoms with Crippen LogP contribution in [-0.2, 0) is 19.9 Å². The van der Waals surface area contributed by atoms with Crippen LogP contribution >= 0.6 is 15.9 Å². The highest BCUT2D eigenvalue weighted by Gasteiger charge is 2.50. The van der Waals surface area contributed by atoms with Gasteiger partial charge in [0.15, 0.2) is 0 Å². The molecule has 3 amide bonds. The molecule has 1 heterocycles. The Kier molecular flexibility index (Phi) is 4.18. The number of hydrogen-bond acceptors (Lipinski definition) is 3. The van der Waals surface area contributed by atoms with E-state index in [1.807, 2.05) is 24.3 Å². The summed E-state index contributed by atoms with van der Waals surface area (Å²) in [5.41, 5.74) is 0.730. The molecule has 1 aromatic rings. The number of imide groups is 1. The number of nitrogens with one attached hydrogen (secondary N) is 1. The van der Waals surface area contributed by atoms with Gasteiger partial charge < -0.3 is 5.32 Å².